The van der Waals surface area contributed by atoms with Crippen molar-refractivity contribution in [3.8, 4) is 6.07 Å². The van der Waals surface area contributed by atoms with Gasteiger partial charge in [-0.25, -0.2) is 4.98 Å². The van der Waals surface area contributed by atoms with Crippen LogP contribution in [-0.4, -0.2) is 54.7 Å². The van der Waals surface area contributed by atoms with Crippen LogP contribution in [0.2, 0.25) is 0 Å². The van der Waals surface area contributed by atoms with Gasteiger partial charge in [-0.15, -0.1) is 0 Å². The van der Waals surface area contributed by atoms with E-state index in [1.54, 1.807) is 18.3 Å². The Labute approximate surface area is 136 Å². The molecule has 0 aliphatic carbocycles. The van der Waals surface area contributed by atoms with Crippen molar-refractivity contribution in [1.29, 1.82) is 5.26 Å². The molecule has 1 aromatic rings. The number of piperazine rings is 1. The zero-order valence-corrected chi connectivity index (χ0v) is 13.4. The molecular weight excluding hydrogens is 292 g/mol. The van der Waals surface area contributed by atoms with Crippen molar-refractivity contribution in [2.45, 2.75) is 25.9 Å². The number of pyridine rings is 1. The number of rotatable bonds is 2. The first-order chi connectivity index (χ1) is 11.2. The molecule has 1 aromatic heterocycles. The fourth-order valence-corrected chi connectivity index (χ4v) is 3.36. The zero-order valence-electron chi connectivity index (χ0n) is 13.4. The first-order valence-corrected chi connectivity index (χ1v) is 8.21. The number of carbonyl (C=O) groups is 1. The molecule has 122 valence electrons. The van der Waals surface area contributed by atoms with Gasteiger partial charge in [0.1, 0.15) is 11.9 Å². The van der Waals surface area contributed by atoms with Gasteiger partial charge in [0.25, 0.3) is 0 Å². The number of nitrogens with zero attached hydrogens (tertiary/aromatic N) is 4. The lowest BCUT2D eigenvalue weighted by Crippen LogP contribution is -2.52. The van der Waals surface area contributed by atoms with E-state index in [0.29, 0.717) is 31.7 Å². The molecule has 2 aliphatic heterocycles. The monoisotopic (exact) mass is 314 g/mol. The van der Waals surface area contributed by atoms with Gasteiger partial charge >= 0.3 is 0 Å². The molecule has 0 bridgehead atoms. The van der Waals surface area contributed by atoms with Crippen molar-refractivity contribution in [3.05, 3.63) is 23.9 Å². The third-order valence-electron chi connectivity index (χ3n) is 4.72. The predicted octanol–water partition coefficient (Wildman–Crippen LogP) is 1.42. The van der Waals surface area contributed by atoms with Crippen molar-refractivity contribution >= 4 is 11.7 Å². The normalized spacial score (nSPS) is 25.0. The third kappa shape index (κ3) is 3.30. The summed E-state index contributed by atoms with van der Waals surface area (Å²) in [6.45, 7) is 5.51. The average Bonchev–Trinajstić information content (AvgIpc) is 2.61. The average molecular weight is 314 g/mol. The van der Waals surface area contributed by atoms with E-state index in [4.69, 9.17) is 4.74 Å². The van der Waals surface area contributed by atoms with Crippen molar-refractivity contribution in [1.82, 2.24) is 9.88 Å². The minimum absolute atomic E-state index is 0.00950. The lowest BCUT2D eigenvalue weighted by Gasteiger charge is -2.39. The third-order valence-corrected chi connectivity index (χ3v) is 4.72. The molecule has 0 N–H and O–H groups in total. The minimum Gasteiger partial charge on any atom is -0.378 e. The highest BCUT2D eigenvalue weighted by molar-refractivity contribution is 5.79. The Morgan fingerprint density at radius 2 is 2.17 bits per heavy atom. The highest BCUT2D eigenvalue weighted by Crippen LogP contribution is 2.24. The molecule has 3 rings (SSSR count). The van der Waals surface area contributed by atoms with E-state index in [9.17, 15) is 10.1 Å². The van der Waals surface area contributed by atoms with Crippen molar-refractivity contribution in [2.24, 2.45) is 5.92 Å². The number of hydrogen-bond acceptors (Lipinski definition) is 5. The summed E-state index contributed by atoms with van der Waals surface area (Å²) in [6.07, 6.45) is 3.59. The summed E-state index contributed by atoms with van der Waals surface area (Å²) in [5, 5.41) is 9.19. The number of ether oxygens (including phenoxy) is 1. The van der Waals surface area contributed by atoms with E-state index in [1.807, 2.05) is 11.8 Å². The first kappa shape index (κ1) is 15.8. The number of aromatic nitrogens is 1. The Morgan fingerprint density at radius 3 is 2.87 bits per heavy atom. The Morgan fingerprint density at radius 1 is 1.39 bits per heavy atom. The smallest absolute Gasteiger partial charge is 0.228 e. The highest BCUT2D eigenvalue weighted by atomic mass is 16.5. The van der Waals surface area contributed by atoms with Crippen molar-refractivity contribution < 1.29 is 9.53 Å². The van der Waals surface area contributed by atoms with E-state index in [1.165, 1.54) is 0 Å². The van der Waals surface area contributed by atoms with Crippen LogP contribution in [0, 0.1) is 17.2 Å². The molecule has 23 heavy (non-hydrogen) atoms. The van der Waals surface area contributed by atoms with Gasteiger partial charge in [0, 0.05) is 39.0 Å². The Kier molecular flexibility index (Phi) is 4.77. The molecule has 2 fully saturated rings. The summed E-state index contributed by atoms with van der Waals surface area (Å²) in [5.74, 6) is 0.912. The Hall–Kier alpha value is -2.13. The van der Waals surface area contributed by atoms with Crippen LogP contribution in [0.5, 0.6) is 0 Å². The van der Waals surface area contributed by atoms with E-state index in [-0.39, 0.29) is 17.9 Å². The Bertz CT molecular complexity index is 605. The molecule has 2 saturated heterocycles. The highest BCUT2D eigenvalue weighted by Gasteiger charge is 2.33. The van der Waals surface area contributed by atoms with Crippen molar-refractivity contribution in [2.75, 3.05) is 37.7 Å². The van der Waals surface area contributed by atoms with Gasteiger partial charge in [0.05, 0.1) is 17.6 Å². The van der Waals surface area contributed by atoms with Gasteiger partial charge in [0.2, 0.25) is 5.91 Å². The maximum absolute atomic E-state index is 12.7. The quantitative estimate of drug-likeness (QED) is 0.825. The van der Waals surface area contributed by atoms with Gasteiger partial charge in [-0.05, 0) is 31.9 Å². The molecule has 0 spiro atoms. The maximum Gasteiger partial charge on any atom is 0.228 e. The number of anilines is 1. The Balaban J connectivity index is 1.62. The molecule has 3 heterocycles. The molecule has 6 heteroatoms. The molecule has 2 atom stereocenters. The van der Waals surface area contributed by atoms with Crippen LogP contribution >= 0.6 is 0 Å². The molecule has 0 unspecified atom stereocenters. The summed E-state index contributed by atoms with van der Waals surface area (Å²) in [5.41, 5.74) is 0.585. The van der Waals surface area contributed by atoms with Gasteiger partial charge in [-0.2, -0.15) is 5.26 Å². The van der Waals surface area contributed by atoms with E-state index in [0.717, 1.165) is 25.3 Å². The molecule has 1 amide bonds. The van der Waals surface area contributed by atoms with Crippen LogP contribution in [0.3, 0.4) is 0 Å². The summed E-state index contributed by atoms with van der Waals surface area (Å²) in [7, 11) is 0. The topological polar surface area (TPSA) is 69.5 Å². The van der Waals surface area contributed by atoms with Crippen LogP contribution in [-0.2, 0) is 9.53 Å². The maximum atomic E-state index is 12.7. The predicted molar refractivity (Wildman–Crippen MR) is 85.9 cm³/mol. The number of nitriles is 1. The molecule has 0 saturated carbocycles. The first-order valence-electron chi connectivity index (χ1n) is 8.21. The van der Waals surface area contributed by atoms with Crippen LogP contribution in [0.25, 0.3) is 0 Å². The van der Waals surface area contributed by atoms with Gasteiger partial charge in [-0.1, -0.05) is 0 Å². The van der Waals surface area contributed by atoms with Gasteiger partial charge in [-0.3, -0.25) is 4.79 Å². The number of hydrogen-bond donors (Lipinski definition) is 0. The second kappa shape index (κ2) is 6.97. The van der Waals surface area contributed by atoms with Crippen LogP contribution < -0.4 is 4.90 Å². The summed E-state index contributed by atoms with van der Waals surface area (Å²) >= 11 is 0. The lowest BCUT2D eigenvalue weighted by molar-refractivity contribution is -0.144. The van der Waals surface area contributed by atoms with E-state index in [2.05, 4.69) is 16.0 Å². The van der Waals surface area contributed by atoms with Crippen LogP contribution in [0.1, 0.15) is 25.3 Å². The second-order valence-electron chi connectivity index (χ2n) is 6.12. The van der Waals surface area contributed by atoms with Crippen LogP contribution in [0.15, 0.2) is 18.3 Å². The SMILES string of the molecule is C[C@@H]1OCCC[C@H]1C(=O)N1CCN(c2ncccc2C#N)CC1. The lowest BCUT2D eigenvalue weighted by atomic mass is 9.93. The van der Waals surface area contributed by atoms with Crippen LogP contribution in [0.4, 0.5) is 5.82 Å². The molecule has 0 aromatic carbocycles. The zero-order chi connectivity index (χ0) is 16.2. The fourth-order valence-electron chi connectivity index (χ4n) is 3.36. The molecule has 6 nitrogen and oxygen atoms in total. The summed E-state index contributed by atoms with van der Waals surface area (Å²) < 4.78 is 5.62. The standard InChI is InChI=1S/C17H22N4O2/c1-13-15(5-3-11-23-13)17(22)21-9-7-20(8-10-21)16-14(12-18)4-2-6-19-16/h2,4,6,13,15H,3,5,7-11H2,1H3/t13-,15+/m0/s1. The number of carbonyl (C=O) groups excluding carboxylic acids is 1. The molecule has 0 radical (unpaired) electrons. The van der Waals surface area contributed by atoms with E-state index >= 15 is 0 Å². The van der Waals surface area contributed by atoms with Gasteiger partial charge in [0.15, 0.2) is 0 Å². The summed E-state index contributed by atoms with van der Waals surface area (Å²) in [6, 6.07) is 5.73. The van der Waals surface area contributed by atoms with E-state index < -0.39 is 0 Å². The molecular formula is C17H22N4O2. The molecule has 2 aliphatic rings. The largest absolute Gasteiger partial charge is 0.378 e. The number of amides is 1. The van der Waals surface area contributed by atoms with Gasteiger partial charge < -0.3 is 14.5 Å². The fraction of sp³-hybridized carbons (Fsp3) is 0.588. The summed E-state index contributed by atoms with van der Waals surface area (Å²) in [4.78, 5) is 21.0. The second-order valence-corrected chi connectivity index (χ2v) is 6.12. The minimum atomic E-state index is -0.0141. The van der Waals surface area contributed by atoms with Crippen molar-refractivity contribution in [3.63, 3.8) is 0 Å².